The van der Waals surface area contributed by atoms with Crippen LogP contribution in [0, 0.1) is 5.82 Å². The van der Waals surface area contributed by atoms with Crippen molar-refractivity contribution in [3.8, 4) is 11.4 Å². The zero-order valence-electron chi connectivity index (χ0n) is 13.2. The van der Waals surface area contributed by atoms with E-state index < -0.39 is 0 Å². The largest absolute Gasteiger partial charge is 0.383 e. The van der Waals surface area contributed by atoms with Crippen molar-refractivity contribution in [3.63, 3.8) is 0 Å². The van der Waals surface area contributed by atoms with E-state index in [1.54, 1.807) is 31.6 Å². The molecule has 0 aliphatic carbocycles. The number of thioether (sulfide) groups is 1. The van der Waals surface area contributed by atoms with Crippen LogP contribution in [0.2, 0.25) is 0 Å². The fourth-order valence-corrected chi connectivity index (χ4v) is 3.20. The number of aromatic nitrogens is 4. The molecular formula is C17H17FN4OS. The van der Waals surface area contributed by atoms with Crippen molar-refractivity contribution in [1.29, 1.82) is 0 Å². The summed E-state index contributed by atoms with van der Waals surface area (Å²) in [5.74, 6) is 1.04. The van der Waals surface area contributed by atoms with E-state index in [1.807, 2.05) is 22.8 Å². The van der Waals surface area contributed by atoms with Gasteiger partial charge >= 0.3 is 0 Å². The molecule has 0 aliphatic heterocycles. The van der Waals surface area contributed by atoms with Crippen LogP contribution in [0.5, 0.6) is 0 Å². The van der Waals surface area contributed by atoms with Gasteiger partial charge < -0.3 is 4.74 Å². The number of hydrogen-bond donors (Lipinski definition) is 0. The van der Waals surface area contributed by atoms with Gasteiger partial charge in [0.25, 0.3) is 0 Å². The van der Waals surface area contributed by atoms with Gasteiger partial charge in [-0.3, -0.25) is 9.55 Å². The third-order valence-corrected chi connectivity index (χ3v) is 4.50. The van der Waals surface area contributed by atoms with Crippen molar-refractivity contribution in [2.75, 3.05) is 13.7 Å². The molecule has 2 heterocycles. The lowest BCUT2D eigenvalue weighted by molar-refractivity contribution is 0.185. The molecule has 0 radical (unpaired) electrons. The number of nitrogens with zero attached hydrogens (tertiary/aromatic N) is 4. The number of pyridine rings is 1. The van der Waals surface area contributed by atoms with Crippen molar-refractivity contribution in [3.05, 3.63) is 60.2 Å². The third kappa shape index (κ3) is 3.80. The van der Waals surface area contributed by atoms with Crippen molar-refractivity contribution >= 4 is 11.8 Å². The summed E-state index contributed by atoms with van der Waals surface area (Å²) in [6.45, 7) is 1.17. The second-order valence-electron chi connectivity index (χ2n) is 5.07. The summed E-state index contributed by atoms with van der Waals surface area (Å²) in [5, 5.41) is 9.29. The van der Waals surface area contributed by atoms with E-state index in [0.717, 1.165) is 16.5 Å². The van der Waals surface area contributed by atoms with Gasteiger partial charge in [0, 0.05) is 30.8 Å². The molecule has 5 nitrogen and oxygen atoms in total. The summed E-state index contributed by atoms with van der Waals surface area (Å²) in [7, 11) is 1.66. The van der Waals surface area contributed by atoms with Crippen LogP contribution in [0.3, 0.4) is 0 Å². The Morgan fingerprint density at radius 2 is 1.92 bits per heavy atom. The van der Waals surface area contributed by atoms with Crippen LogP contribution in [0.1, 0.15) is 5.56 Å². The highest BCUT2D eigenvalue weighted by atomic mass is 32.2. The van der Waals surface area contributed by atoms with Crippen LogP contribution in [0.4, 0.5) is 4.39 Å². The molecule has 0 saturated heterocycles. The van der Waals surface area contributed by atoms with Crippen LogP contribution in [-0.4, -0.2) is 33.5 Å². The number of ether oxygens (including phenoxy) is 1. The van der Waals surface area contributed by atoms with Gasteiger partial charge in [-0.1, -0.05) is 30.0 Å². The Morgan fingerprint density at radius 3 is 2.67 bits per heavy atom. The molecule has 0 atom stereocenters. The van der Waals surface area contributed by atoms with E-state index in [2.05, 4.69) is 15.2 Å². The molecular weight excluding hydrogens is 327 g/mol. The van der Waals surface area contributed by atoms with Crippen LogP contribution in [-0.2, 0) is 17.0 Å². The molecule has 0 spiro atoms. The molecule has 0 bridgehead atoms. The molecule has 0 unspecified atom stereocenters. The van der Waals surface area contributed by atoms with E-state index in [9.17, 15) is 4.39 Å². The summed E-state index contributed by atoms with van der Waals surface area (Å²) < 4.78 is 21.0. The first-order valence-electron chi connectivity index (χ1n) is 7.48. The van der Waals surface area contributed by atoms with Gasteiger partial charge in [0.05, 0.1) is 13.2 Å². The number of benzene rings is 1. The predicted molar refractivity (Wildman–Crippen MR) is 91.1 cm³/mol. The van der Waals surface area contributed by atoms with E-state index in [0.29, 0.717) is 24.5 Å². The zero-order chi connectivity index (χ0) is 16.8. The Kier molecular flexibility index (Phi) is 5.55. The van der Waals surface area contributed by atoms with E-state index >= 15 is 0 Å². The molecule has 7 heteroatoms. The number of methoxy groups -OCH3 is 1. The molecule has 0 fully saturated rings. The zero-order valence-corrected chi connectivity index (χ0v) is 14.0. The van der Waals surface area contributed by atoms with Gasteiger partial charge in [0.2, 0.25) is 0 Å². The maximum Gasteiger partial charge on any atom is 0.191 e. The minimum absolute atomic E-state index is 0.206. The molecule has 24 heavy (non-hydrogen) atoms. The van der Waals surface area contributed by atoms with Crippen LogP contribution >= 0.6 is 11.8 Å². The monoisotopic (exact) mass is 344 g/mol. The SMILES string of the molecule is COCCn1c(SCc2ccccc2F)nnc1-c1ccncc1. The maximum atomic E-state index is 13.8. The highest BCUT2D eigenvalue weighted by Gasteiger charge is 2.15. The van der Waals surface area contributed by atoms with Crippen molar-refractivity contribution < 1.29 is 9.13 Å². The second kappa shape index (κ2) is 8.03. The highest BCUT2D eigenvalue weighted by molar-refractivity contribution is 7.98. The fraction of sp³-hybridized carbons (Fsp3) is 0.235. The summed E-state index contributed by atoms with van der Waals surface area (Å²) in [5.41, 5.74) is 1.58. The van der Waals surface area contributed by atoms with Gasteiger partial charge in [0.1, 0.15) is 5.82 Å². The van der Waals surface area contributed by atoms with E-state index in [4.69, 9.17) is 4.74 Å². The topological polar surface area (TPSA) is 52.8 Å². The molecule has 0 N–H and O–H groups in total. The second-order valence-corrected chi connectivity index (χ2v) is 6.01. The molecule has 2 aromatic heterocycles. The van der Waals surface area contributed by atoms with Crippen molar-refractivity contribution in [2.24, 2.45) is 0 Å². The number of halogens is 1. The minimum atomic E-state index is -0.206. The summed E-state index contributed by atoms with van der Waals surface area (Å²) in [6, 6.07) is 10.5. The van der Waals surface area contributed by atoms with Gasteiger partial charge in [0.15, 0.2) is 11.0 Å². The normalized spacial score (nSPS) is 10.9. The lowest BCUT2D eigenvalue weighted by Crippen LogP contribution is -2.07. The predicted octanol–water partition coefficient (Wildman–Crippen LogP) is 3.42. The molecule has 0 aliphatic rings. The standard InChI is InChI=1S/C17H17FN4OS/c1-23-11-10-22-16(13-6-8-19-9-7-13)20-21-17(22)24-12-14-4-2-3-5-15(14)18/h2-9H,10-12H2,1H3. The number of rotatable bonds is 7. The molecule has 0 amide bonds. The molecule has 1 aromatic carbocycles. The van der Waals surface area contributed by atoms with Gasteiger partial charge in [-0.2, -0.15) is 0 Å². The Bertz CT molecular complexity index is 794. The molecule has 0 saturated carbocycles. The van der Waals surface area contributed by atoms with Crippen LogP contribution < -0.4 is 0 Å². The minimum Gasteiger partial charge on any atom is -0.383 e. The van der Waals surface area contributed by atoms with Crippen molar-refractivity contribution in [1.82, 2.24) is 19.7 Å². The Balaban J connectivity index is 1.85. The maximum absolute atomic E-state index is 13.8. The van der Waals surface area contributed by atoms with E-state index in [1.165, 1.54) is 17.8 Å². The van der Waals surface area contributed by atoms with Gasteiger partial charge in [-0.25, -0.2) is 4.39 Å². The Hall–Kier alpha value is -2.25. The molecule has 3 aromatic rings. The molecule has 124 valence electrons. The fourth-order valence-electron chi connectivity index (χ4n) is 2.25. The van der Waals surface area contributed by atoms with Crippen LogP contribution in [0.15, 0.2) is 53.9 Å². The van der Waals surface area contributed by atoms with Crippen LogP contribution in [0.25, 0.3) is 11.4 Å². The summed E-state index contributed by atoms with van der Waals surface area (Å²) in [6.07, 6.45) is 3.44. The quantitative estimate of drug-likeness (QED) is 0.615. The van der Waals surface area contributed by atoms with E-state index in [-0.39, 0.29) is 5.82 Å². The first-order chi connectivity index (χ1) is 11.8. The van der Waals surface area contributed by atoms with Crippen molar-refractivity contribution in [2.45, 2.75) is 17.5 Å². The Morgan fingerprint density at radius 1 is 1.12 bits per heavy atom. The smallest absolute Gasteiger partial charge is 0.191 e. The third-order valence-electron chi connectivity index (χ3n) is 3.49. The first kappa shape index (κ1) is 16.6. The molecule has 3 rings (SSSR count). The number of hydrogen-bond acceptors (Lipinski definition) is 5. The summed E-state index contributed by atoms with van der Waals surface area (Å²) >= 11 is 1.46. The lowest BCUT2D eigenvalue weighted by Gasteiger charge is -2.09. The van der Waals surface area contributed by atoms with Gasteiger partial charge in [-0.15, -0.1) is 10.2 Å². The lowest BCUT2D eigenvalue weighted by atomic mass is 10.2. The highest BCUT2D eigenvalue weighted by Crippen LogP contribution is 2.26. The average molecular weight is 344 g/mol. The first-order valence-corrected chi connectivity index (χ1v) is 8.47. The summed E-state index contributed by atoms with van der Waals surface area (Å²) in [4.78, 5) is 4.03. The average Bonchev–Trinajstić information content (AvgIpc) is 3.03. The Labute approximate surface area is 143 Å². The van der Waals surface area contributed by atoms with Gasteiger partial charge in [-0.05, 0) is 23.8 Å².